The fourth-order valence-electron chi connectivity index (χ4n) is 3.57. The second-order valence-electron chi connectivity index (χ2n) is 5.64. The van der Waals surface area contributed by atoms with E-state index in [0.717, 1.165) is 23.4 Å². The van der Waals surface area contributed by atoms with Crippen LogP contribution < -0.4 is 0 Å². The lowest BCUT2D eigenvalue weighted by Crippen LogP contribution is -2.39. The van der Waals surface area contributed by atoms with Gasteiger partial charge >= 0.3 is 0 Å². The molecule has 0 spiro atoms. The summed E-state index contributed by atoms with van der Waals surface area (Å²) in [4.78, 5) is 18.8. The van der Waals surface area contributed by atoms with Crippen LogP contribution in [0.4, 0.5) is 0 Å². The second-order valence-corrected chi connectivity index (χ2v) is 6.56. The Balaban J connectivity index is 1.78. The minimum absolute atomic E-state index is 0.156. The van der Waals surface area contributed by atoms with E-state index in [-0.39, 0.29) is 5.91 Å². The SMILES string of the molecule is O=C(c1cncc(Br)c1)N1CCCC1C1CCCC1. The summed E-state index contributed by atoms with van der Waals surface area (Å²) in [5.41, 5.74) is 0.708. The van der Waals surface area contributed by atoms with Crippen molar-refractivity contribution in [2.75, 3.05) is 6.54 Å². The maximum Gasteiger partial charge on any atom is 0.255 e. The zero-order valence-corrected chi connectivity index (χ0v) is 12.6. The van der Waals surface area contributed by atoms with Crippen molar-refractivity contribution in [2.24, 2.45) is 5.92 Å². The van der Waals surface area contributed by atoms with Gasteiger partial charge in [-0.2, -0.15) is 0 Å². The number of amides is 1. The number of nitrogens with zero attached hydrogens (tertiary/aromatic N) is 2. The van der Waals surface area contributed by atoms with Crippen molar-refractivity contribution >= 4 is 21.8 Å². The summed E-state index contributed by atoms with van der Waals surface area (Å²) in [7, 11) is 0. The predicted molar refractivity (Wildman–Crippen MR) is 78.0 cm³/mol. The molecule has 0 bridgehead atoms. The maximum atomic E-state index is 12.6. The topological polar surface area (TPSA) is 33.2 Å². The van der Waals surface area contributed by atoms with Crippen LogP contribution in [0.15, 0.2) is 22.9 Å². The van der Waals surface area contributed by atoms with Gasteiger partial charge in [0.05, 0.1) is 5.56 Å². The normalized spacial score (nSPS) is 24.1. The molecule has 19 heavy (non-hydrogen) atoms. The molecule has 0 N–H and O–H groups in total. The number of hydrogen-bond donors (Lipinski definition) is 0. The highest BCUT2D eigenvalue weighted by Crippen LogP contribution is 2.36. The van der Waals surface area contributed by atoms with Gasteiger partial charge in [0.25, 0.3) is 5.91 Å². The molecule has 3 nitrogen and oxygen atoms in total. The van der Waals surface area contributed by atoms with Crippen LogP contribution in [0.1, 0.15) is 48.9 Å². The average Bonchev–Trinajstić information content (AvgIpc) is 3.08. The van der Waals surface area contributed by atoms with Crippen LogP contribution in [0.2, 0.25) is 0 Å². The third kappa shape index (κ3) is 2.69. The Morgan fingerprint density at radius 1 is 1.21 bits per heavy atom. The van der Waals surface area contributed by atoms with Gasteiger partial charge in [0.2, 0.25) is 0 Å². The Bertz CT molecular complexity index is 471. The smallest absolute Gasteiger partial charge is 0.255 e. The Kier molecular flexibility index (Phi) is 3.87. The first-order valence-electron chi connectivity index (χ1n) is 7.17. The van der Waals surface area contributed by atoms with Crippen molar-refractivity contribution in [2.45, 2.75) is 44.6 Å². The number of carbonyl (C=O) groups excluding carboxylic acids is 1. The first kappa shape index (κ1) is 13.1. The summed E-state index contributed by atoms with van der Waals surface area (Å²) in [6.07, 6.45) is 11.0. The first-order valence-corrected chi connectivity index (χ1v) is 7.96. The Labute approximate surface area is 122 Å². The summed E-state index contributed by atoms with van der Waals surface area (Å²) in [5, 5.41) is 0. The molecule has 1 saturated carbocycles. The van der Waals surface area contributed by atoms with Crippen LogP contribution in [0, 0.1) is 5.92 Å². The number of aromatic nitrogens is 1. The third-order valence-corrected chi connectivity index (χ3v) is 4.89. The highest BCUT2D eigenvalue weighted by atomic mass is 79.9. The van der Waals surface area contributed by atoms with Gasteiger partial charge in [-0.15, -0.1) is 0 Å². The quantitative estimate of drug-likeness (QED) is 0.832. The van der Waals surface area contributed by atoms with Crippen molar-refractivity contribution in [3.05, 3.63) is 28.5 Å². The lowest BCUT2D eigenvalue weighted by Gasteiger charge is -2.29. The van der Waals surface area contributed by atoms with Gasteiger partial charge < -0.3 is 4.90 Å². The molecule has 1 aromatic heterocycles. The molecular weight excluding hydrogens is 304 g/mol. The van der Waals surface area contributed by atoms with Crippen molar-refractivity contribution in [3.8, 4) is 0 Å². The van der Waals surface area contributed by atoms with Crippen LogP contribution in [0.3, 0.4) is 0 Å². The lowest BCUT2D eigenvalue weighted by atomic mass is 9.96. The maximum absolute atomic E-state index is 12.6. The molecule has 0 aromatic carbocycles. The van der Waals surface area contributed by atoms with E-state index in [4.69, 9.17) is 0 Å². The summed E-state index contributed by atoms with van der Waals surface area (Å²) in [6, 6.07) is 2.34. The van der Waals surface area contributed by atoms with Crippen LogP contribution in [0.25, 0.3) is 0 Å². The molecule has 2 aliphatic rings. The molecule has 1 amide bonds. The van der Waals surface area contributed by atoms with Crippen LogP contribution >= 0.6 is 15.9 Å². The summed E-state index contributed by atoms with van der Waals surface area (Å²) >= 11 is 3.39. The summed E-state index contributed by atoms with van der Waals surface area (Å²) in [5.74, 6) is 0.884. The number of pyridine rings is 1. The van der Waals surface area contributed by atoms with Crippen molar-refractivity contribution < 1.29 is 4.79 Å². The van der Waals surface area contributed by atoms with E-state index in [9.17, 15) is 4.79 Å². The highest BCUT2D eigenvalue weighted by Gasteiger charge is 2.36. The van der Waals surface area contributed by atoms with Gasteiger partial charge in [0.15, 0.2) is 0 Å². The molecule has 1 aliphatic carbocycles. The van der Waals surface area contributed by atoms with Gasteiger partial charge in [-0.05, 0) is 53.6 Å². The molecule has 2 fully saturated rings. The highest BCUT2D eigenvalue weighted by molar-refractivity contribution is 9.10. The summed E-state index contributed by atoms with van der Waals surface area (Å²) < 4.78 is 0.870. The molecule has 1 aromatic rings. The zero-order chi connectivity index (χ0) is 13.2. The fraction of sp³-hybridized carbons (Fsp3) is 0.600. The molecule has 4 heteroatoms. The van der Waals surface area contributed by atoms with Gasteiger partial charge in [0, 0.05) is 29.5 Å². The number of hydrogen-bond acceptors (Lipinski definition) is 2. The zero-order valence-electron chi connectivity index (χ0n) is 11.0. The van der Waals surface area contributed by atoms with Crippen molar-refractivity contribution in [1.82, 2.24) is 9.88 Å². The van der Waals surface area contributed by atoms with E-state index in [1.807, 2.05) is 6.07 Å². The number of likely N-dealkylation sites (tertiary alicyclic amines) is 1. The van der Waals surface area contributed by atoms with Crippen LogP contribution in [0.5, 0.6) is 0 Å². The molecule has 3 rings (SSSR count). The Hall–Kier alpha value is -0.900. The summed E-state index contributed by atoms with van der Waals surface area (Å²) in [6.45, 7) is 0.909. The fourth-order valence-corrected chi connectivity index (χ4v) is 3.94. The van der Waals surface area contributed by atoms with E-state index in [1.165, 1.54) is 32.1 Å². The van der Waals surface area contributed by atoms with E-state index in [1.54, 1.807) is 12.4 Å². The predicted octanol–water partition coefficient (Wildman–Crippen LogP) is 3.64. The van der Waals surface area contributed by atoms with Crippen LogP contribution in [-0.2, 0) is 0 Å². The van der Waals surface area contributed by atoms with Crippen LogP contribution in [-0.4, -0.2) is 28.4 Å². The molecule has 0 radical (unpaired) electrons. The lowest BCUT2D eigenvalue weighted by molar-refractivity contribution is 0.0688. The number of halogens is 1. The van der Waals surface area contributed by atoms with Crippen molar-refractivity contribution in [1.29, 1.82) is 0 Å². The van der Waals surface area contributed by atoms with Crippen molar-refractivity contribution in [3.63, 3.8) is 0 Å². The average molecular weight is 323 g/mol. The first-order chi connectivity index (χ1) is 9.25. The Morgan fingerprint density at radius 2 is 2.00 bits per heavy atom. The van der Waals surface area contributed by atoms with Gasteiger partial charge in [-0.3, -0.25) is 9.78 Å². The van der Waals surface area contributed by atoms with Gasteiger partial charge in [0.1, 0.15) is 0 Å². The molecule has 102 valence electrons. The molecule has 1 saturated heterocycles. The number of rotatable bonds is 2. The monoisotopic (exact) mass is 322 g/mol. The standard InChI is InChI=1S/C15H19BrN2O/c16-13-8-12(9-17-10-13)15(19)18-7-3-6-14(18)11-4-1-2-5-11/h8-11,14H,1-7H2. The third-order valence-electron chi connectivity index (χ3n) is 4.46. The second kappa shape index (κ2) is 5.61. The Morgan fingerprint density at radius 3 is 2.74 bits per heavy atom. The van der Waals surface area contributed by atoms with Gasteiger partial charge in [-0.1, -0.05) is 12.8 Å². The minimum atomic E-state index is 0.156. The molecule has 2 heterocycles. The minimum Gasteiger partial charge on any atom is -0.335 e. The van der Waals surface area contributed by atoms with E-state index < -0.39 is 0 Å². The van der Waals surface area contributed by atoms with E-state index >= 15 is 0 Å². The molecule has 1 unspecified atom stereocenters. The molecule has 1 atom stereocenters. The molecule has 1 aliphatic heterocycles. The van der Waals surface area contributed by atoms with Gasteiger partial charge in [-0.25, -0.2) is 0 Å². The molecular formula is C15H19BrN2O. The van der Waals surface area contributed by atoms with E-state index in [0.29, 0.717) is 11.6 Å². The number of carbonyl (C=O) groups is 1. The van der Waals surface area contributed by atoms with E-state index in [2.05, 4.69) is 25.8 Å². The largest absolute Gasteiger partial charge is 0.335 e.